The monoisotopic (exact) mass is 152 g/mol. The topological polar surface area (TPSA) is 9.23 Å². The highest BCUT2D eigenvalue weighted by Gasteiger charge is 1.86. The predicted molar refractivity (Wildman–Crippen MR) is 31.3 cm³/mol. The minimum Gasteiger partial charge on any atom is -0.497 e. The summed E-state index contributed by atoms with van der Waals surface area (Å²) >= 11 is 0. The van der Waals surface area contributed by atoms with Crippen molar-refractivity contribution in [3.8, 4) is 0 Å². The number of ether oxygens (including phenoxy) is 1. The molecule has 1 nitrogen and oxygen atoms in total. The van der Waals surface area contributed by atoms with E-state index in [-0.39, 0.29) is 0 Å². The molecule has 4 heteroatoms. The molecular formula is C6H7F3O. The van der Waals surface area contributed by atoms with E-state index in [1.165, 1.54) is 0 Å². The molecule has 0 aliphatic carbocycles. The molecule has 0 saturated heterocycles. The minimum atomic E-state index is -3.67. The summed E-state index contributed by atoms with van der Waals surface area (Å²) in [5.74, 6) is 0. The molecule has 0 aromatic rings. The normalized spacial score (nSPS) is 14.0. The average molecular weight is 152 g/mol. The van der Waals surface area contributed by atoms with Crippen LogP contribution in [0, 0.1) is 0 Å². The Bertz CT molecular complexity index is 105. The van der Waals surface area contributed by atoms with E-state index in [4.69, 9.17) is 4.74 Å². The molecule has 58 valence electrons. The highest BCUT2D eigenvalue weighted by molar-refractivity contribution is 5.02. The molecule has 0 N–H and O–H groups in total. The van der Waals surface area contributed by atoms with E-state index in [0.717, 1.165) is 6.61 Å². The summed E-state index contributed by atoms with van der Waals surface area (Å²) in [6.07, 6.45) is 7.47. The van der Waals surface area contributed by atoms with Crippen LogP contribution in [0.15, 0.2) is 24.5 Å². The lowest BCUT2D eigenvalue weighted by Gasteiger charge is -1.94. The fraction of sp³-hybridized carbons (Fsp3) is 0.333. The van der Waals surface area contributed by atoms with Crippen molar-refractivity contribution < 1.29 is 17.9 Å². The van der Waals surface area contributed by atoms with Gasteiger partial charge >= 0.3 is 6.68 Å². The van der Waals surface area contributed by atoms with Gasteiger partial charge in [-0.3, -0.25) is 0 Å². The van der Waals surface area contributed by atoms with Gasteiger partial charge in [-0.15, -0.1) is 0 Å². The van der Waals surface area contributed by atoms with Crippen LogP contribution in [0.25, 0.3) is 0 Å². The second kappa shape index (κ2) is 6.19. The van der Waals surface area contributed by atoms with Crippen LogP contribution in [0.3, 0.4) is 0 Å². The molecule has 0 radical (unpaired) electrons. The summed E-state index contributed by atoms with van der Waals surface area (Å²) in [6, 6.07) is 0. The highest BCUT2D eigenvalue weighted by atomic mass is 19.4. The zero-order valence-electron chi connectivity index (χ0n) is 5.14. The third-order valence-electron chi connectivity index (χ3n) is 0.614. The van der Waals surface area contributed by atoms with Gasteiger partial charge in [0.15, 0.2) is 0 Å². The summed E-state index contributed by atoms with van der Waals surface area (Å²) in [4.78, 5) is 0. The van der Waals surface area contributed by atoms with Crippen LogP contribution >= 0.6 is 0 Å². The number of halogens is 3. The Kier molecular flexibility index (Phi) is 5.62. The Hall–Kier alpha value is -0.930. The summed E-state index contributed by atoms with van der Waals surface area (Å²) in [7, 11) is 0. The van der Waals surface area contributed by atoms with Crippen LogP contribution in [0.2, 0.25) is 0 Å². The molecule has 1 aliphatic rings. The van der Waals surface area contributed by atoms with Crippen molar-refractivity contribution in [3.63, 3.8) is 0 Å². The molecule has 0 aromatic heterocycles. The van der Waals surface area contributed by atoms with Crippen molar-refractivity contribution in [2.75, 3.05) is 6.61 Å². The molecule has 0 aromatic carbocycles. The average Bonchev–Trinajstić information content (AvgIpc) is 1.90. The standard InChI is InChI=1S/C5H6O.CHF3/c1-2-4-6-5-3-1;2-1(3)4/h1-4H,5H2;1H. The fourth-order valence-corrected chi connectivity index (χ4v) is 0.346. The zero-order chi connectivity index (χ0) is 7.82. The first-order valence-electron chi connectivity index (χ1n) is 2.59. The smallest absolute Gasteiger partial charge is 0.379 e. The van der Waals surface area contributed by atoms with Crippen molar-refractivity contribution in [3.05, 3.63) is 24.5 Å². The molecule has 1 aliphatic heterocycles. The summed E-state index contributed by atoms with van der Waals surface area (Å²) in [5, 5.41) is 0. The van der Waals surface area contributed by atoms with Crippen LogP contribution in [0.5, 0.6) is 0 Å². The van der Waals surface area contributed by atoms with Crippen LogP contribution < -0.4 is 0 Å². The first-order valence-corrected chi connectivity index (χ1v) is 2.59. The van der Waals surface area contributed by atoms with Crippen LogP contribution in [0.4, 0.5) is 13.2 Å². The van der Waals surface area contributed by atoms with Gasteiger partial charge in [0.2, 0.25) is 0 Å². The molecule has 0 amide bonds. The third kappa shape index (κ3) is 10.1. The van der Waals surface area contributed by atoms with Crippen molar-refractivity contribution in [1.29, 1.82) is 0 Å². The fourth-order valence-electron chi connectivity index (χ4n) is 0.346. The zero-order valence-corrected chi connectivity index (χ0v) is 5.14. The van der Waals surface area contributed by atoms with Crippen LogP contribution in [-0.2, 0) is 4.74 Å². The number of rotatable bonds is 0. The van der Waals surface area contributed by atoms with Gasteiger partial charge in [-0.2, -0.15) is 13.2 Å². The van der Waals surface area contributed by atoms with Gasteiger partial charge in [-0.1, -0.05) is 6.08 Å². The van der Waals surface area contributed by atoms with Gasteiger partial charge in [-0.25, -0.2) is 0 Å². The summed E-state index contributed by atoms with van der Waals surface area (Å²) in [6.45, 7) is -2.93. The maximum absolute atomic E-state index is 9.67. The molecule has 10 heavy (non-hydrogen) atoms. The quantitative estimate of drug-likeness (QED) is 0.517. The van der Waals surface area contributed by atoms with Gasteiger partial charge in [0.05, 0.1) is 6.26 Å². The Morgan fingerprint density at radius 1 is 1.20 bits per heavy atom. The van der Waals surface area contributed by atoms with E-state index in [2.05, 4.69) is 0 Å². The first kappa shape index (κ1) is 9.07. The Morgan fingerprint density at radius 3 is 1.90 bits per heavy atom. The molecule has 1 heterocycles. The van der Waals surface area contributed by atoms with Crippen molar-refractivity contribution in [2.45, 2.75) is 6.68 Å². The van der Waals surface area contributed by atoms with Gasteiger partial charge in [0.25, 0.3) is 0 Å². The van der Waals surface area contributed by atoms with E-state index in [1.807, 2.05) is 18.2 Å². The Morgan fingerprint density at radius 2 is 1.80 bits per heavy atom. The molecular weight excluding hydrogens is 145 g/mol. The Balaban J connectivity index is 0.000000180. The lowest BCUT2D eigenvalue weighted by Crippen LogP contribution is -1.82. The molecule has 0 unspecified atom stereocenters. The molecule has 0 saturated carbocycles. The molecule has 0 spiro atoms. The lowest BCUT2D eigenvalue weighted by molar-refractivity contribution is 0.00819. The van der Waals surface area contributed by atoms with E-state index >= 15 is 0 Å². The van der Waals surface area contributed by atoms with Gasteiger partial charge in [0.1, 0.15) is 6.61 Å². The van der Waals surface area contributed by atoms with Crippen molar-refractivity contribution in [2.24, 2.45) is 0 Å². The number of hydrogen-bond acceptors (Lipinski definition) is 1. The second-order valence-electron chi connectivity index (χ2n) is 1.34. The number of alkyl halides is 3. The van der Waals surface area contributed by atoms with Crippen LogP contribution in [-0.4, -0.2) is 13.3 Å². The summed E-state index contributed by atoms with van der Waals surface area (Å²) in [5.41, 5.74) is 0. The van der Waals surface area contributed by atoms with E-state index in [0.29, 0.717) is 0 Å². The second-order valence-corrected chi connectivity index (χ2v) is 1.34. The SMILES string of the molecule is C1=CCOC=C1.FC(F)F. The van der Waals surface area contributed by atoms with Gasteiger partial charge < -0.3 is 4.74 Å². The molecule has 0 atom stereocenters. The van der Waals surface area contributed by atoms with E-state index in [1.54, 1.807) is 6.26 Å². The number of allylic oxidation sites excluding steroid dienone is 2. The first-order chi connectivity index (χ1) is 4.73. The molecule has 0 fully saturated rings. The van der Waals surface area contributed by atoms with E-state index < -0.39 is 6.68 Å². The number of hydrogen-bond donors (Lipinski definition) is 0. The predicted octanol–water partition coefficient (Wildman–Crippen LogP) is 2.27. The van der Waals surface area contributed by atoms with Crippen molar-refractivity contribution >= 4 is 0 Å². The lowest BCUT2D eigenvalue weighted by atomic mass is 10.5. The van der Waals surface area contributed by atoms with Crippen molar-refractivity contribution in [1.82, 2.24) is 0 Å². The Labute approximate surface area is 56.8 Å². The van der Waals surface area contributed by atoms with E-state index in [9.17, 15) is 13.2 Å². The maximum Gasteiger partial charge on any atom is 0.379 e. The minimum absolute atomic E-state index is 0.733. The van der Waals surface area contributed by atoms with Crippen LogP contribution in [0.1, 0.15) is 0 Å². The molecule has 0 bridgehead atoms. The molecule has 1 rings (SSSR count). The maximum atomic E-state index is 9.67. The largest absolute Gasteiger partial charge is 0.497 e. The summed E-state index contributed by atoms with van der Waals surface area (Å²) < 4.78 is 33.8. The van der Waals surface area contributed by atoms with Gasteiger partial charge in [-0.05, 0) is 12.2 Å². The highest BCUT2D eigenvalue weighted by Crippen LogP contribution is 1.87. The van der Waals surface area contributed by atoms with Gasteiger partial charge in [0, 0.05) is 0 Å². The third-order valence-corrected chi connectivity index (χ3v) is 0.614.